The molecule has 21 heavy (non-hydrogen) atoms. The Labute approximate surface area is 131 Å². The van der Waals surface area contributed by atoms with Crippen molar-refractivity contribution in [3.63, 3.8) is 0 Å². The summed E-state index contributed by atoms with van der Waals surface area (Å²) < 4.78 is 0. The van der Waals surface area contributed by atoms with E-state index in [-0.39, 0.29) is 6.04 Å². The molecule has 0 aromatic carbocycles. The van der Waals surface area contributed by atoms with E-state index >= 15 is 0 Å². The summed E-state index contributed by atoms with van der Waals surface area (Å²) in [6.07, 6.45) is 8.26. The standard InChI is InChI=1S/C17H22ClN3/c1-3-8-20-16(11-14-7-10-19-12-15(14)18)17-13(4-2)6-5-9-21-17/h5-7,9-10,12,16,20H,3-4,8,11H2,1-2H3. The minimum atomic E-state index is 0.181. The van der Waals surface area contributed by atoms with Crippen LogP contribution >= 0.6 is 11.6 Å². The van der Waals surface area contributed by atoms with Crippen LogP contribution in [0.3, 0.4) is 0 Å². The molecule has 0 amide bonds. The molecule has 1 N–H and O–H groups in total. The van der Waals surface area contributed by atoms with E-state index < -0.39 is 0 Å². The molecule has 0 bridgehead atoms. The monoisotopic (exact) mass is 303 g/mol. The largest absolute Gasteiger partial charge is 0.308 e. The van der Waals surface area contributed by atoms with Crippen LogP contribution in [0.1, 0.15) is 43.1 Å². The van der Waals surface area contributed by atoms with Gasteiger partial charge in [-0.25, -0.2) is 0 Å². The van der Waals surface area contributed by atoms with E-state index in [0.29, 0.717) is 0 Å². The lowest BCUT2D eigenvalue weighted by Crippen LogP contribution is -2.26. The summed E-state index contributed by atoms with van der Waals surface area (Å²) in [7, 11) is 0. The van der Waals surface area contributed by atoms with E-state index in [4.69, 9.17) is 11.6 Å². The fourth-order valence-corrected chi connectivity index (χ4v) is 2.63. The van der Waals surface area contributed by atoms with Crippen molar-refractivity contribution < 1.29 is 0 Å². The van der Waals surface area contributed by atoms with E-state index in [9.17, 15) is 0 Å². The average Bonchev–Trinajstić information content (AvgIpc) is 2.53. The van der Waals surface area contributed by atoms with Gasteiger partial charge in [-0.05, 0) is 49.1 Å². The quantitative estimate of drug-likeness (QED) is 0.841. The molecule has 2 heterocycles. The zero-order valence-electron chi connectivity index (χ0n) is 12.6. The van der Waals surface area contributed by atoms with Crippen molar-refractivity contribution >= 4 is 11.6 Å². The number of nitrogens with zero attached hydrogens (tertiary/aromatic N) is 2. The highest BCUT2D eigenvalue weighted by atomic mass is 35.5. The van der Waals surface area contributed by atoms with Gasteiger partial charge in [0.05, 0.1) is 16.8 Å². The summed E-state index contributed by atoms with van der Waals surface area (Å²) in [5.41, 5.74) is 3.52. The predicted molar refractivity (Wildman–Crippen MR) is 87.6 cm³/mol. The molecule has 2 aromatic rings. The van der Waals surface area contributed by atoms with Crippen molar-refractivity contribution in [2.45, 2.75) is 39.2 Å². The van der Waals surface area contributed by atoms with Crippen LogP contribution < -0.4 is 5.32 Å². The molecule has 0 saturated heterocycles. The molecule has 112 valence electrons. The first kappa shape index (κ1) is 15.9. The zero-order valence-corrected chi connectivity index (χ0v) is 13.4. The van der Waals surface area contributed by atoms with E-state index in [2.05, 4.69) is 35.2 Å². The van der Waals surface area contributed by atoms with Crippen molar-refractivity contribution in [1.82, 2.24) is 15.3 Å². The third-order valence-corrected chi connectivity index (χ3v) is 3.90. The summed E-state index contributed by atoms with van der Waals surface area (Å²) in [6, 6.07) is 6.31. The maximum absolute atomic E-state index is 6.25. The van der Waals surface area contributed by atoms with Crippen LogP contribution in [0, 0.1) is 0 Å². The van der Waals surface area contributed by atoms with Crippen LogP contribution in [0.2, 0.25) is 5.02 Å². The molecule has 3 nitrogen and oxygen atoms in total. The highest BCUT2D eigenvalue weighted by Crippen LogP contribution is 2.24. The summed E-state index contributed by atoms with van der Waals surface area (Å²) in [5, 5.41) is 4.31. The van der Waals surface area contributed by atoms with Gasteiger partial charge in [-0.15, -0.1) is 0 Å². The number of hydrogen-bond donors (Lipinski definition) is 1. The molecule has 0 aliphatic heterocycles. The molecule has 0 spiro atoms. The third-order valence-electron chi connectivity index (χ3n) is 3.56. The Morgan fingerprint density at radius 1 is 1.19 bits per heavy atom. The fourth-order valence-electron chi connectivity index (χ4n) is 2.44. The Hall–Kier alpha value is -1.45. The maximum atomic E-state index is 6.25. The van der Waals surface area contributed by atoms with Gasteiger partial charge in [0, 0.05) is 18.6 Å². The van der Waals surface area contributed by atoms with Crippen LogP contribution in [0.15, 0.2) is 36.8 Å². The fraction of sp³-hybridized carbons (Fsp3) is 0.412. The molecule has 1 unspecified atom stereocenters. The molecule has 0 saturated carbocycles. The molecular formula is C17H22ClN3. The first-order valence-electron chi connectivity index (χ1n) is 7.51. The third kappa shape index (κ3) is 4.26. The van der Waals surface area contributed by atoms with E-state index in [0.717, 1.165) is 42.1 Å². The second-order valence-electron chi connectivity index (χ2n) is 5.08. The van der Waals surface area contributed by atoms with Gasteiger partial charge in [-0.1, -0.05) is 31.5 Å². The summed E-state index contributed by atoms with van der Waals surface area (Å²) in [4.78, 5) is 8.66. The number of pyridine rings is 2. The summed E-state index contributed by atoms with van der Waals surface area (Å²) >= 11 is 6.25. The second kappa shape index (κ2) is 8.11. The molecule has 0 aliphatic carbocycles. The first-order valence-corrected chi connectivity index (χ1v) is 7.89. The molecule has 0 fully saturated rings. The Kier molecular flexibility index (Phi) is 6.15. The van der Waals surface area contributed by atoms with Gasteiger partial charge in [0.15, 0.2) is 0 Å². The smallest absolute Gasteiger partial charge is 0.0622 e. The molecule has 2 rings (SSSR count). The average molecular weight is 304 g/mol. The number of nitrogens with one attached hydrogen (secondary N) is 1. The van der Waals surface area contributed by atoms with Gasteiger partial charge in [-0.3, -0.25) is 9.97 Å². The lowest BCUT2D eigenvalue weighted by Gasteiger charge is -2.21. The van der Waals surface area contributed by atoms with Gasteiger partial charge in [0.25, 0.3) is 0 Å². The Bertz CT molecular complexity index is 571. The van der Waals surface area contributed by atoms with Crippen LogP contribution in [-0.2, 0) is 12.8 Å². The Balaban J connectivity index is 2.28. The van der Waals surface area contributed by atoms with Gasteiger partial charge < -0.3 is 5.32 Å². The van der Waals surface area contributed by atoms with Gasteiger partial charge in [0.1, 0.15) is 0 Å². The number of halogens is 1. The van der Waals surface area contributed by atoms with Crippen LogP contribution in [0.25, 0.3) is 0 Å². The predicted octanol–water partition coefficient (Wildman–Crippen LogP) is 3.98. The minimum absolute atomic E-state index is 0.181. The lowest BCUT2D eigenvalue weighted by molar-refractivity contribution is 0.514. The highest BCUT2D eigenvalue weighted by Gasteiger charge is 2.17. The van der Waals surface area contributed by atoms with Crippen LogP contribution in [0.5, 0.6) is 0 Å². The Morgan fingerprint density at radius 2 is 2.05 bits per heavy atom. The number of hydrogen-bond acceptors (Lipinski definition) is 3. The van der Waals surface area contributed by atoms with Crippen molar-refractivity contribution in [3.8, 4) is 0 Å². The normalized spacial score (nSPS) is 12.3. The summed E-state index contributed by atoms with van der Waals surface area (Å²) in [5.74, 6) is 0. The first-order chi connectivity index (χ1) is 10.3. The van der Waals surface area contributed by atoms with Crippen molar-refractivity contribution in [3.05, 3.63) is 58.6 Å². The molecule has 2 aromatic heterocycles. The van der Waals surface area contributed by atoms with E-state index in [1.807, 2.05) is 18.3 Å². The van der Waals surface area contributed by atoms with E-state index in [1.54, 1.807) is 12.4 Å². The maximum Gasteiger partial charge on any atom is 0.0622 e. The molecule has 4 heteroatoms. The lowest BCUT2D eigenvalue weighted by atomic mass is 9.98. The summed E-state index contributed by atoms with van der Waals surface area (Å²) in [6.45, 7) is 5.30. The number of rotatable bonds is 7. The highest BCUT2D eigenvalue weighted by molar-refractivity contribution is 6.31. The van der Waals surface area contributed by atoms with Crippen molar-refractivity contribution in [2.24, 2.45) is 0 Å². The molecular weight excluding hydrogens is 282 g/mol. The molecule has 0 radical (unpaired) electrons. The topological polar surface area (TPSA) is 37.8 Å². The Morgan fingerprint density at radius 3 is 2.76 bits per heavy atom. The second-order valence-corrected chi connectivity index (χ2v) is 5.49. The van der Waals surface area contributed by atoms with E-state index in [1.165, 1.54) is 5.56 Å². The molecule has 1 atom stereocenters. The van der Waals surface area contributed by atoms with Crippen LogP contribution in [-0.4, -0.2) is 16.5 Å². The number of aryl methyl sites for hydroxylation is 1. The van der Waals surface area contributed by atoms with Gasteiger partial charge in [-0.2, -0.15) is 0 Å². The van der Waals surface area contributed by atoms with Crippen LogP contribution in [0.4, 0.5) is 0 Å². The minimum Gasteiger partial charge on any atom is -0.308 e. The van der Waals surface area contributed by atoms with Gasteiger partial charge in [0.2, 0.25) is 0 Å². The number of aromatic nitrogens is 2. The molecule has 0 aliphatic rings. The van der Waals surface area contributed by atoms with Crippen molar-refractivity contribution in [1.29, 1.82) is 0 Å². The van der Waals surface area contributed by atoms with Gasteiger partial charge >= 0.3 is 0 Å². The zero-order chi connectivity index (χ0) is 15.1. The SMILES string of the molecule is CCCNC(Cc1ccncc1Cl)c1ncccc1CC. The van der Waals surface area contributed by atoms with Crippen molar-refractivity contribution in [2.75, 3.05) is 6.54 Å².